The average Bonchev–Trinajstić information content (AvgIpc) is 2.97. The third kappa shape index (κ3) is 7.48. The Balaban J connectivity index is 1.39. The van der Waals surface area contributed by atoms with Crippen molar-refractivity contribution in [1.29, 1.82) is 0 Å². The van der Waals surface area contributed by atoms with Gasteiger partial charge in [-0.3, -0.25) is 10.1 Å². The van der Waals surface area contributed by atoms with Gasteiger partial charge >= 0.3 is 18.2 Å². The number of hydrogen-bond acceptors (Lipinski definition) is 8. The summed E-state index contributed by atoms with van der Waals surface area (Å²) in [7, 11) is -3.97. The molecule has 0 radical (unpaired) electrons. The first-order chi connectivity index (χ1) is 20.1. The maximum absolute atomic E-state index is 13.4. The van der Waals surface area contributed by atoms with Crippen molar-refractivity contribution in [3.05, 3.63) is 42.0 Å². The normalized spacial score (nSPS) is 16.6. The molecule has 0 unspecified atom stereocenters. The molecule has 2 aromatic rings. The molecule has 2 heterocycles. The van der Waals surface area contributed by atoms with E-state index in [0.29, 0.717) is 62.6 Å². The van der Waals surface area contributed by atoms with E-state index >= 15 is 0 Å². The van der Waals surface area contributed by atoms with Gasteiger partial charge < -0.3 is 24.6 Å². The van der Waals surface area contributed by atoms with Crippen molar-refractivity contribution >= 4 is 44.9 Å². The minimum absolute atomic E-state index is 0.0142. The first-order valence-electron chi connectivity index (χ1n) is 14.1. The quantitative estimate of drug-likeness (QED) is 0.435. The van der Waals surface area contributed by atoms with E-state index < -0.39 is 28.1 Å². The summed E-state index contributed by atoms with van der Waals surface area (Å²) in [4.78, 5) is 52.7. The summed E-state index contributed by atoms with van der Waals surface area (Å²) in [5.74, 6) is -0.670. The van der Waals surface area contributed by atoms with Gasteiger partial charge in [-0.15, -0.1) is 0 Å². The second-order valence-electron chi connectivity index (χ2n) is 10.1. The standard InChI is InChI=1S/C28H37N5O8S/c1-3-40-27(36)32-15-11-19(12-16-32)29-26(35)30-25(34)23-9-5-8-22-21(23)7-6-10-24(22)42(38,39)31-20-13-17-33(18-14-20)28(37)41-4-2/h5-10,19-20,31H,3-4,11-18H2,1-2H3,(H2,29,30,34,35). The Labute approximate surface area is 244 Å². The summed E-state index contributed by atoms with van der Waals surface area (Å²) in [6.07, 6.45) is 1.12. The summed E-state index contributed by atoms with van der Waals surface area (Å²) < 4.78 is 39.6. The van der Waals surface area contributed by atoms with Crippen LogP contribution >= 0.6 is 0 Å². The maximum Gasteiger partial charge on any atom is 0.409 e. The highest BCUT2D eigenvalue weighted by Crippen LogP contribution is 2.27. The number of hydrogen-bond donors (Lipinski definition) is 3. The summed E-state index contributed by atoms with van der Waals surface area (Å²) >= 11 is 0. The number of nitrogens with one attached hydrogen (secondary N) is 3. The van der Waals surface area contributed by atoms with Gasteiger partial charge in [-0.05, 0) is 57.0 Å². The molecule has 5 amide bonds. The Morgan fingerprint density at radius 2 is 1.31 bits per heavy atom. The van der Waals surface area contributed by atoms with Crippen LogP contribution in [-0.4, -0.2) is 93.8 Å². The Bertz CT molecular complexity index is 1420. The number of amides is 5. The number of imide groups is 1. The van der Waals surface area contributed by atoms with Crippen LogP contribution in [0.1, 0.15) is 49.9 Å². The van der Waals surface area contributed by atoms with Crippen LogP contribution in [-0.2, 0) is 19.5 Å². The van der Waals surface area contributed by atoms with Crippen LogP contribution in [0.3, 0.4) is 0 Å². The van der Waals surface area contributed by atoms with Gasteiger partial charge in [-0.2, -0.15) is 0 Å². The molecule has 0 saturated carbocycles. The van der Waals surface area contributed by atoms with Crippen LogP contribution in [0.15, 0.2) is 41.3 Å². The molecule has 0 aliphatic carbocycles. The van der Waals surface area contributed by atoms with Gasteiger partial charge in [-0.1, -0.05) is 24.3 Å². The molecular weight excluding hydrogens is 566 g/mol. The van der Waals surface area contributed by atoms with Crippen molar-refractivity contribution in [2.45, 2.75) is 56.5 Å². The number of likely N-dealkylation sites (tertiary alicyclic amines) is 2. The number of piperidine rings is 2. The van der Waals surface area contributed by atoms with Crippen molar-refractivity contribution in [2.75, 3.05) is 39.4 Å². The van der Waals surface area contributed by atoms with Crippen LogP contribution in [0.2, 0.25) is 0 Å². The van der Waals surface area contributed by atoms with Crippen LogP contribution in [0.4, 0.5) is 14.4 Å². The van der Waals surface area contributed by atoms with Crippen molar-refractivity contribution < 1.29 is 37.1 Å². The van der Waals surface area contributed by atoms with E-state index in [1.54, 1.807) is 47.9 Å². The van der Waals surface area contributed by atoms with Crippen LogP contribution in [0, 0.1) is 0 Å². The molecule has 0 atom stereocenters. The number of fused-ring (bicyclic) bond motifs is 1. The summed E-state index contributed by atoms with van der Waals surface area (Å²) in [6, 6.07) is 8.09. The fourth-order valence-electron chi connectivity index (χ4n) is 5.20. The molecular formula is C28H37N5O8S. The lowest BCUT2D eigenvalue weighted by Crippen LogP contribution is -2.50. The summed E-state index contributed by atoms with van der Waals surface area (Å²) in [5.41, 5.74) is 0.152. The molecule has 2 saturated heterocycles. The number of rotatable bonds is 7. The van der Waals surface area contributed by atoms with E-state index in [1.165, 1.54) is 12.1 Å². The smallest absolute Gasteiger partial charge is 0.409 e. The molecule has 2 aliphatic rings. The topological polar surface area (TPSA) is 163 Å². The second kappa shape index (κ2) is 13.8. The monoisotopic (exact) mass is 603 g/mol. The number of benzene rings is 2. The van der Waals surface area contributed by atoms with Crippen molar-refractivity contribution in [3.63, 3.8) is 0 Å². The van der Waals surface area contributed by atoms with E-state index in [0.717, 1.165) is 0 Å². The zero-order chi connectivity index (χ0) is 30.3. The number of sulfonamides is 1. The molecule has 42 heavy (non-hydrogen) atoms. The highest BCUT2D eigenvalue weighted by molar-refractivity contribution is 7.89. The van der Waals surface area contributed by atoms with Gasteiger partial charge in [0.05, 0.1) is 18.1 Å². The Morgan fingerprint density at radius 1 is 0.786 bits per heavy atom. The largest absolute Gasteiger partial charge is 0.450 e. The van der Waals surface area contributed by atoms with Gasteiger partial charge in [-0.25, -0.2) is 27.5 Å². The van der Waals surface area contributed by atoms with Gasteiger partial charge in [0.2, 0.25) is 10.0 Å². The molecule has 14 heteroatoms. The predicted molar refractivity (Wildman–Crippen MR) is 154 cm³/mol. The number of ether oxygens (including phenoxy) is 2. The van der Waals surface area contributed by atoms with Crippen molar-refractivity contribution in [1.82, 2.24) is 25.2 Å². The second-order valence-corrected chi connectivity index (χ2v) is 11.8. The van der Waals surface area contributed by atoms with Crippen molar-refractivity contribution in [2.24, 2.45) is 0 Å². The van der Waals surface area contributed by atoms with E-state index in [2.05, 4.69) is 15.4 Å². The molecule has 2 fully saturated rings. The minimum Gasteiger partial charge on any atom is -0.450 e. The number of carbonyl (C=O) groups is 4. The third-order valence-electron chi connectivity index (χ3n) is 7.34. The first-order valence-corrected chi connectivity index (χ1v) is 15.6. The van der Waals surface area contributed by atoms with Crippen LogP contribution < -0.4 is 15.4 Å². The van der Waals surface area contributed by atoms with Crippen LogP contribution in [0.25, 0.3) is 10.8 Å². The zero-order valence-electron chi connectivity index (χ0n) is 23.8. The summed E-state index contributed by atoms with van der Waals surface area (Å²) in [5, 5.41) is 5.82. The SMILES string of the molecule is CCOC(=O)N1CCC(NC(=O)NC(=O)c2cccc3c(S(=O)(=O)NC4CCN(C(=O)OCC)CC4)cccc23)CC1. The van der Waals surface area contributed by atoms with Crippen LogP contribution in [0.5, 0.6) is 0 Å². The third-order valence-corrected chi connectivity index (χ3v) is 8.92. The van der Waals surface area contributed by atoms with Gasteiger partial charge in [0, 0.05) is 49.2 Å². The Hall–Kier alpha value is -3.91. The molecule has 2 aromatic carbocycles. The Morgan fingerprint density at radius 3 is 1.88 bits per heavy atom. The number of carbonyl (C=O) groups excluding carboxylic acids is 4. The van der Waals surface area contributed by atoms with Crippen molar-refractivity contribution in [3.8, 4) is 0 Å². The molecule has 0 spiro atoms. The Kier molecular flexibility index (Phi) is 10.2. The van der Waals surface area contributed by atoms with E-state index in [1.807, 2.05) is 0 Å². The summed E-state index contributed by atoms with van der Waals surface area (Å²) in [6.45, 7) is 5.63. The maximum atomic E-state index is 13.4. The van der Waals surface area contributed by atoms with E-state index in [4.69, 9.17) is 9.47 Å². The lowest BCUT2D eigenvalue weighted by molar-refractivity contribution is 0.0942. The molecule has 0 bridgehead atoms. The molecule has 4 rings (SSSR count). The lowest BCUT2D eigenvalue weighted by atomic mass is 10.0. The van der Waals surface area contributed by atoms with Gasteiger partial charge in [0.25, 0.3) is 5.91 Å². The predicted octanol–water partition coefficient (Wildman–Crippen LogP) is 2.80. The molecule has 13 nitrogen and oxygen atoms in total. The molecule has 3 N–H and O–H groups in total. The highest BCUT2D eigenvalue weighted by atomic mass is 32.2. The number of nitrogens with zero attached hydrogens (tertiary/aromatic N) is 2. The van der Waals surface area contributed by atoms with Gasteiger partial charge in [0.1, 0.15) is 0 Å². The minimum atomic E-state index is -3.97. The molecule has 2 aliphatic heterocycles. The fraction of sp³-hybridized carbons (Fsp3) is 0.500. The van der Waals surface area contributed by atoms with E-state index in [9.17, 15) is 27.6 Å². The zero-order valence-corrected chi connectivity index (χ0v) is 24.6. The fourth-order valence-corrected chi connectivity index (χ4v) is 6.73. The molecule has 228 valence electrons. The van der Waals surface area contributed by atoms with Gasteiger partial charge in [0.15, 0.2) is 0 Å². The average molecular weight is 604 g/mol. The molecule has 0 aromatic heterocycles. The number of urea groups is 1. The highest BCUT2D eigenvalue weighted by Gasteiger charge is 2.29. The first kappa shape index (κ1) is 31.0. The van der Waals surface area contributed by atoms with E-state index in [-0.39, 0.29) is 41.8 Å². The lowest BCUT2D eigenvalue weighted by Gasteiger charge is -2.31.